The Morgan fingerprint density at radius 1 is 0.885 bits per heavy atom. The molecule has 0 bridgehead atoms. The van der Waals surface area contributed by atoms with Crippen LogP contribution in [0.4, 0.5) is 0 Å². The van der Waals surface area contributed by atoms with E-state index in [0.29, 0.717) is 29.2 Å². The van der Waals surface area contributed by atoms with Crippen molar-refractivity contribution in [2.45, 2.75) is 0 Å². The van der Waals surface area contributed by atoms with E-state index in [2.05, 4.69) is 10.6 Å². The van der Waals surface area contributed by atoms with E-state index < -0.39 is 0 Å². The van der Waals surface area contributed by atoms with E-state index in [1.165, 1.54) is 0 Å². The van der Waals surface area contributed by atoms with E-state index in [0.717, 1.165) is 11.1 Å². The third-order valence-electron chi connectivity index (χ3n) is 3.79. The molecule has 1 aromatic heterocycles. The Morgan fingerprint density at radius 2 is 1.65 bits per heavy atom. The fourth-order valence-electron chi connectivity index (χ4n) is 2.46. The molecule has 3 aromatic rings. The van der Waals surface area contributed by atoms with Crippen LogP contribution in [0.2, 0.25) is 5.02 Å². The van der Waals surface area contributed by atoms with Crippen molar-refractivity contribution in [3.63, 3.8) is 0 Å². The average Bonchev–Trinajstić information content (AvgIpc) is 3.20. The van der Waals surface area contributed by atoms with Crippen molar-refractivity contribution in [3.8, 4) is 11.1 Å². The van der Waals surface area contributed by atoms with Crippen LogP contribution in [-0.4, -0.2) is 24.9 Å². The van der Waals surface area contributed by atoms with Crippen LogP contribution in [0, 0.1) is 0 Å². The third-order valence-corrected chi connectivity index (χ3v) is 4.81. The number of rotatable bonds is 6. The molecular weight excluding hydrogens is 368 g/mol. The lowest BCUT2D eigenvalue weighted by atomic mass is 10.1. The number of benzene rings is 2. The standard InChI is InChI=1S/C20H17ClN2O2S/c21-18-7-2-1-6-17(18)20(25)23-10-9-22-19(24)15-5-3-4-14(12-15)16-8-11-26-13-16/h1-8,11-13H,9-10H2,(H,22,24)(H,23,25). The van der Waals surface area contributed by atoms with Gasteiger partial charge in [-0.25, -0.2) is 0 Å². The van der Waals surface area contributed by atoms with Crippen LogP contribution in [0.3, 0.4) is 0 Å². The molecule has 2 aromatic carbocycles. The lowest BCUT2D eigenvalue weighted by Gasteiger charge is -2.09. The summed E-state index contributed by atoms with van der Waals surface area (Å²) in [5, 5.41) is 10.0. The normalized spacial score (nSPS) is 10.3. The topological polar surface area (TPSA) is 58.2 Å². The highest BCUT2D eigenvalue weighted by atomic mass is 35.5. The summed E-state index contributed by atoms with van der Waals surface area (Å²) in [4.78, 5) is 24.3. The van der Waals surface area contributed by atoms with Crippen molar-refractivity contribution in [2.24, 2.45) is 0 Å². The zero-order valence-electron chi connectivity index (χ0n) is 13.9. The maximum absolute atomic E-state index is 12.3. The van der Waals surface area contributed by atoms with Gasteiger partial charge in [-0.1, -0.05) is 35.9 Å². The second-order valence-electron chi connectivity index (χ2n) is 5.58. The van der Waals surface area contributed by atoms with Crippen molar-refractivity contribution >= 4 is 34.8 Å². The first-order chi connectivity index (χ1) is 12.6. The number of hydrogen-bond acceptors (Lipinski definition) is 3. The summed E-state index contributed by atoms with van der Waals surface area (Å²) in [5.74, 6) is -0.432. The molecule has 0 aliphatic carbocycles. The maximum atomic E-state index is 12.3. The Balaban J connectivity index is 1.51. The highest BCUT2D eigenvalue weighted by molar-refractivity contribution is 7.08. The fraction of sp³-hybridized carbons (Fsp3) is 0.100. The Kier molecular flexibility index (Phi) is 6.04. The number of nitrogens with one attached hydrogen (secondary N) is 2. The van der Waals surface area contributed by atoms with Crippen LogP contribution < -0.4 is 10.6 Å². The summed E-state index contributed by atoms with van der Waals surface area (Å²) in [7, 11) is 0. The molecule has 4 nitrogen and oxygen atoms in total. The number of amides is 2. The quantitative estimate of drug-likeness (QED) is 0.625. The molecule has 0 saturated heterocycles. The van der Waals surface area contributed by atoms with Crippen LogP contribution in [0.15, 0.2) is 65.4 Å². The SMILES string of the molecule is O=C(NCCNC(=O)c1ccccc1Cl)c1cccc(-c2ccsc2)c1. The van der Waals surface area contributed by atoms with Crippen molar-refractivity contribution in [2.75, 3.05) is 13.1 Å². The summed E-state index contributed by atoms with van der Waals surface area (Å²) in [6.07, 6.45) is 0. The zero-order chi connectivity index (χ0) is 18.4. The molecule has 132 valence electrons. The Bertz CT molecular complexity index is 910. The largest absolute Gasteiger partial charge is 0.350 e. The van der Waals surface area contributed by atoms with Gasteiger partial charge in [0, 0.05) is 18.7 Å². The molecule has 0 atom stereocenters. The molecule has 1 heterocycles. The Hall–Kier alpha value is -2.63. The smallest absolute Gasteiger partial charge is 0.252 e. The molecule has 0 radical (unpaired) electrons. The van der Waals surface area contributed by atoms with Gasteiger partial charge in [0.2, 0.25) is 0 Å². The molecule has 0 saturated carbocycles. The fourth-order valence-corrected chi connectivity index (χ4v) is 3.35. The molecule has 2 N–H and O–H groups in total. The van der Waals surface area contributed by atoms with E-state index in [1.807, 2.05) is 35.0 Å². The summed E-state index contributed by atoms with van der Waals surface area (Å²) >= 11 is 7.61. The zero-order valence-corrected chi connectivity index (χ0v) is 15.4. The molecule has 6 heteroatoms. The van der Waals surface area contributed by atoms with Crippen LogP contribution in [0.5, 0.6) is 0 Å². The summed E-state index contributed by atoms with van der Waals surface area (Å²) in [6, 6.07) is 16.3. The second kappa shape index (κ2) is 8.65. The molecule has 0 aliphatic heterocycles. The van der Waals surface area contributed by atoms with Gasteiger partial charge in [0.25, 0.3) is 11.8 Å². The van der Waals surface area contributed by atoms with Gasteiger partial charge in [-0.3, -0.25) is 9.59 Å². The first kappa shape index (κ1) is 18.2. The average molecular weight is 385 g/mol. The summed E-state index contributed by atoms with van der Waals surface area (Å²) in [6.45, 7) is 0.651. The van der Waals surface area contributed by atoms with Crippen LogP contribution in [-0.2, 0) is 0 Å². The number of halogens is 1. The van der Waals surface area contributed by atoms with E-state index in [-0.39, 0.29) is 11.8 Å². The van der Waals surface area contributed by atoms with E-state index in [1.54, 1.807) is 41.7 Å². The van der Waals surface area contributed by atoms with Gasteiger partial charge in [0.05, 0.1) is 10.6 Å². The van der Waals surface area contributed by atoms with Gasteiger partial charge >= 0.3 is 0 Å². The highest BCUT2D eigenvalue weighted by Gasteiger charge is 2.10. The minimum Gasteiger partial charge on any atom is -0.350 e. The minimum atomic E-state index is -0.260. The molecule has 0 fully saturated rings. The molecule has 0 unspecified atom stereocenters. The molecular formula is C20H17ClN2O2S. The lowest BCUT2D eigenvalue weighted by molar-refractivity contribution is 0.0928. The highest BCUT2D eigenvalue weighted by Crippen LogP contribution is 2.22. The van der Waals surface area contributed by atoms with Gasteiger partial charge in [-0.15, -0.1) is 0 Å². The molecule has 0 spiro atoms. The van der Waals surface area contributed by atoms with Crippen molar-refractivity contribution < 1.29 is 9.59 Å². The Labute approximate surface area is 160 Å². The van der Waals surface area contributed by atoms with Gasteiger partial charge < -0.3 is 10.6 Å². The maximum Gasteiger partial charge on any atom is 0.252 e. The van der Waals surface area contributed by atoms with Crippen molar-refractivity contribution in [1.29, 1.82) is 0 Å². The Morgan fingerprint density at radius 3 is 2.38 bits per heavy atom. The first-order valence-corrected chi connectivity index (χ1v) is 9.41. The first-order valence-electron chi connectivity index (χ1n) is 8.09. The van der Waals surface area contributed by atoms with Gasteiger partial charge in [0.15, 0.2) is 0 Å². The van der Waals surface area contributed by atoms with Gasteiger partial charge in [-0.05, 0) is 52.2 Å². The number of hydrogen-bond donors (Lipinski definition) is 2. The van der Waals surface area contributed by atoms with E-state index in [9.17, 15) is 9.59 Å². The number of thiophene rings is 1. The predicted molar refractivity (Wildman–Crippen MR) is 106 cm³/mol. The number of carbonyl (C=O) groups is 2. The molecule has 3 rings (SSSR count). The van der Waals surface area contributed by atoms with Crippen LogP contribution in [0.25, 0.3) is 11.1 Å². The monoisotopic (exact) mass is 384 g/mol. The van der Waals surface area contributed by atoms with E-state index >= 15 is 0 Å². The van der Waals surface area contributed by atoms with Gasteiger partial charge in [0.1, 0.15) is 0 Å². The second-order valence-corrected chi connectivity index (χ2v) is 6.77. The molecule has 0 aliphatic rings. The molecule has 2 amide bonds. The minimum absolute atomic E-state index is 0.172. The van der Waals surface area contributed by atoms with E-state index in [4.69, 9.17) is 11.6 Å². The van der Waals surface area contributed by atoms with Gasteiger partial charge in [-0.2, -0.15) is 11.3 Å². The number of carbonyl (C=O) groups excluding carboxylic acids is 2. The third kappa shape index (κ3) is 4.50. The van der Waals surface area contributed by atoms with Crippen molar-refractivity contribution in [3.05, 3.63) is 81.5 Å². The summed E-state index contributed by atoms with van der Waals surface area (Å²) in [5.41, 5.74) is 3.11. The van der Waals surface area contributed by atoms with Crippen molar-refractivity contribution in [1.82, 2.24) is 10.6 Å². The lowest BCUT2D eigenvalue weighted by Crippen LogP contribution is -2.34. The molecule has 26 heavy (non-hydrogen) atoms. The summed E-state index contributed by atoms with van der Waals surface area (Å²) < 4.78 is 0. The van der Waals surface area contributed by atoms with Crippen LogP contribution >= 0.6 is 22.9 Å². The van der Waals surface area contributed by atoms with Crippen LogP contribution in [0.1, 0.15) is 20.7 Å². The predicted octanol–water partition coefficient (Wildman–Crippen LogP) is 4.23.